The van der Waals surface area contributed by atoms with Crippen LogP contribution >= 0.6 is 22.7 Å². The van der Waals surface area contributed by atoms with Crippen molar-refractivity contribution in [1.82, 2.24) is 4.98 Å². The van der Waals surface area contributed by atoms with Crippen LogP contribution in [0.1, 0.15) is 11.8 Å². The zero-order valence-corrected chi connectivity index (χ0v) is 11.0. The predicted molar refractivity (Wildman–Crippen MR) is 66.6 cm³/mol. The maximum atomic E-state index is 11.9. The number of thiazole rings is 1. The molecule has 0 bridgehead atoms. The maximum absolute atomic E-state index is 11.9. The van der Waals surface area contributed by atoms with E-state index in [1.807, 2.05) is 13.0 Å². The van der Waals surface area contributed by atoms with E-state index >= 15 is 0 Å². The van der Waals surface area contributed by atoms with E-state index in [-0.39, 0.29) is 0 Å². The summed E-state index contributed by atoms with van der Waals surface area (Å²) in [5.74, 6) is 0. The number of anilines is 1. The van der Waals surface area contributed by atoms with Gasteiger partial charge in [0.1, 0.15) is 4.21 Å². The molecule has 0 amide bonds. The van der Waals surface area contributed by atoms with E-state index < -0.39 is 10.0 Å². The Kier molecular flexibility index (Phi) is 3.27. The number of rotatable bonds is 4. The Balaban J connectivity index is 2.25. The zero-order chi connectivity index (χ0) is 11.6. The maximum Gasteiger partial charge on any atom is 0.273 e. The van der Waals surface area contributed by atoms with Crippen molar-refractivity contribution in [2.24, 2.45) is 0 Å². The van der Waals surface area contributed by atoms with Crippen LogP contribution in [0.15, 0.2) is 27.9 Å². The van der Waals surface area contributed by atoms with Crippen molar-refractivity contribution in [2.45, 2.75) is 17.6 Å². The second-order valence-electron chi connectivity index (χ2n) is 3.02. The topological polar surface area (TPSA) is 59.1 Å². The van der Waals surface area contributed by atoms with Crippen LogP contribution in [-0.2, 0) is 16.4 Å². The summed E-state index contributed by atoms with van der Waals surface area (Å²) < 4.78 is 26.6. The summed E-state index contributed by atoms with van der Waals surface area (Å²) >= 11 is 2.55. The number of hydrogen-bond acceptors (Lipinski definition) is 5. The highest BCUT2D eigenvalue weighted by atomic mass is 32.2. The van der Waals surface area contributed by atoms with E-state index in [0.717, 1.165) is 11.3 Å². The van der Waals surface area contributed by atoms with Gasteiger partial charge in [-0.15, -0.1) is 22.7 Å². The molecule has 86 valence electrons. The Bertz CT molecular complexity index is 557. The molecule has 2 heterocycles. The van der Waals surface area contributed by atoms with Crippen LogP contribution in [0.3, 0.4) is 0 Å². The fourth-order valence-corrected chi connectivity index (χ4v) is 4.22. The SMILES string of the molecule is CCc1ccc(S(=O)(=O)Nc2nccs2)s1. The molecule has 0 aliphatic carbocycles. The van der Waals surface area contributed by atoms with Gasteiger partial charge in [0.25, 0.3) is 10.0 Å². The molecule has 4 nitrogen and oxygen atoms in total. The minimum absolute atomic E-state index is 0.333. The molecule has 0 unspecified atom stereocenters. The smallest absolute Gasteiger partial charge is 0.254 e. The molecule has 0 fully saturated rings. The molecule has 2 aromatic heterocycles. The van der Waals surface area contributed by atoms with Gasteiger partial charge in [0.2, 0.25) is 0 Å². The lowest BCUT2D eigenvalue weighted by Crippen LogP contribution is -2.10. The summed E-state index contributed by atoms with van der Waals surface area (Å²) in [6, 6.07) is 3.46. The molecule has 0 saturated carbocycles. The van der Waals surface area contributed by atoms with Gasteiger partial charge in [-0.25, -0.2) is 13.4 Å². The van der Waals surface area contributed by atoms with Crippen LogP contribution in [0.25, 0.3) is 0 Å². The van der Waals surface area contributed by atoms with Crippen LogP contribution in [0, 0.1) is 0 Å². The largest absolute Gasteiger partial charge is 0.273 e. The summed E-state index contributed by atoms with van der Waals surface area (Å²) in [5.41, 5.74) is 0. The average Bonchev–Trinajstić information content (AvgIpc) is 2.85. The van der Waals surface area contributed by atoms with Crippen molar-refractivity contribution in [3.8, 4) is 0 Å². The van der Waals surface area contributed by atoms with Crippen LogP contribution < -0.4 is 4.72 Å². The molecular weight excluding hydrogens is 264 g/mol. The lowest BCUT2D eigenvalue weighted by molar-refractivity contribution is 0.603. The molecule has 0 aromatic carbocycles. The van der Waals surface area contributed by atoms with Gasteiger partial charge in [0, 0.05) is 16.5 Å². The molecule has 16 heavy (non-hydrogen) atoms. The van der Waals surface area contributed by atoms with E-state index in [4.69, 9.17) is 0 Å². The number of aryl methyl sites for hydroxylation is 1. The van der Waals surface area contributed by atoms with Gasteiger partial charge in [0.05, 0.1) is 0 Å². The van der Waals surface area contributed by atoms with E-state index in [9.17, 15) is 8.42 Å². The summed E-state index contributed by atoms with van der Waals surface area (Å²) in [6.07, 6.45) is 2.41. The van der Waals surface area contributed by atoms with Gasteiger partial charge < -0.3 is 0 Å². The summed E-state index contributed by atoms with van der Waals surface area (Å²) in [5, 5.41) is 2.12. The number of nitrogens with zero attached hydrogens (tertiary/aromatic N) is 1. The molecule has 7 heteroatoms. The molecule has 0 saturated heterocycles. The van der Waals surface area contributed by atoms with Crippen molar-refractivity contribution >= 4 is 37.8 Å². The first kappa shape index (κ1) is 11.6. The lowest BCUT2D eigenvalue weighted by Gasteiger charge is -2.01. The molecule has 0 aliphatic rings. The first-order valence-electron chi connectivity index (χ1n) is 4.63. The number of nitrogens with one attached hydrogen (secondary N) is 1. The van der Waals surface area contributed by atoms with E-state index in [0.29, 0.717) is 9.34 Å². The highest BCUT2D eigenvalue weighted by Gasteiger charge is 2.17. The highest BCUT2D eigenvalue weighted by Crippen LogP contribution is 2.24. The van der Waals surface area contributed by atoms with E-state index in [1.165, 1.54) is 22.7 Å². The quantitative estimate of drug-likeness (QED) is 0.932. The van der Waals surface area contributed by atoms with Crippen molar-refractivity contribution in [3.63, 3.8) is 0 Å². The van der Waals surface area contributed by atoms with Gasteiger partial charge in [0.15, 0.2) is 5.13 Å². The Morgan fingerprint density at radius 2 is 2.25 bits per heavy atom. The van der Waals surface area contributed by atoms with Gasteiger partial charge >= 0.3 is 0 Å². The van der Waals surface area contributed by atoms with Crippen molar-refractivity contribution < 1.29 is 8.42 Å². The van der Waals surface area contributed by atoms with E-state index in [2.05, 4.69) is 9.71 Å². The van der Waals surface area contributed by atoms with Gasteiger partial charge in [-0.1, -0.05) is 6.92 Å². The fraction of sp³-hybridized carbons (Fsp3) is 0.222. The molecule has 2 rings (SSSR count). The number of sulfonamides is 1. The highest BCUT2D eigenvalue weighted by molar-refractivity contribution is 7.94. The average molecular weight is 274 g/mol. The molecule has 0 aliphatic heterocycles. The molecule has 1 N–H and O–H groups in total. The molecule has 0 radical (unpaired) electrons. The molecule has 2 aromatic rings. The molecular formula is C9H10N2O2S3. The first-order valence-corrected chi connectivity index (χ1v) is 7.81. The third-order valence-electron chi connectivity index (χ3n) is 1.90. The summed E-state index contributed by atoms with van der Waals surface area (Å²) in [4.78, 5) is 4.94. The zero-order valence-electron chi connectivity index (χ0n) is 8.50. The van der Waals surface area contributed by atoms with Gasteiger partial charge in [-0.05, 0) is 18.6 Å². The molecule has 0 spiro atoms. The van der Waals surface area contributed by atoms with Crippen LogP contribution in [-0.4, -0.2) is 13.4 Å². The standard InChI is InChI=1S/C9H10N2O2S3/c1-2-7-3-4-8(15-7)16(12,13)11-9-10-5-6-14-9/h3-6H,2H2,1H3,(H,10,11). The lowest BCUT2D eigenvalue weighted by atomic mass is 10.4. The van der Waals surface area contributed by atoms with Crippen LogP contribution in [0.2, 0.25) is 0 Å². The van der Waals surface area contributed by atoms with Crippen LogP contribution in [0.5, 0.6) is 0 Å². The normalized spacial score (nSPS) is 11.6. The van der Waals surface area contributed by atoms with E-state index in [1.54, 1.807) is 17.6 Å². The van der Waals surface area contributed by atoms with Gasteiger partial charge in [-0.3, -0.25) is 4.72 Å². The number of thiophene rings is 1. The first-order chi connectivity index (χ1) is 7.62. The predicted octanol–water partition coefficient (Wildman–Crippen LogP) is 2.57. The third-order valence-corrected chi connectivity index (χ3v) is 5.78. The Hall–Kier alpha value is -0.920. The number of aromatic nitrogens is 1. The Morgan fingerprint density at radius 3 is 2.81 bits per heavy atom. The van der Waals surface area contributed by atoms with Crippen LogP contribution in [0.4, 0.5) is 5.13 Å². The summed E-state index contributed by atoms with van der Waals surface area (Å²) in [6.45, 7) is 2.00. The van der Waals surface area contributed by atoms with Crippen molar-refractivity contribution in [1.29, 1.82) is 0 Å². The number of hydrogen-bond donors (Lipinski definition) is 1. The monoisotopic (exact) mass is 274 g/mol. The van der Waals surface area contributed by atoms with Crippen molar-refractivity contribution in [3.05, 3.63) is 28.6 Å². The Morgan fingerprint density at radius 1 is 1.44 bits per heavy atom. The second-order valence-corrected chi connectivity index (χ2v) is 6.99. The second kappa shape index (κ2) is 4.52. The van der Waals surface area contributed by atoms with Crippen molar-refractivity contribution in [2.75, 3.05) is 4.72 Å². The summed E-state index contributed by atoms with van der Waals surface area (Å²) in [7, 11) is -3.46. The van der Waals surface area contributed by atoms with Gasteiger partial charge in [-0.2, -0.15) is 0 Å². The minimum Gasteiger partial charge on any atom is -0.254 e. The Labute approximate surface area is 102 Å². The fourth-order valence-electron chi connectivity index (χ4n) is 1.13. The minimum atomic E-state index is -3.46. The molecule has 0 atom stereocenters. The third kappa shape index (κ3) is 2.42.